The molecule has 1 aliphatic rings. The number of carbonyl (C=O) groups is 1. The number of phenols is 1. The summed E-state index contributed by atoms with van der Waals surface area (Å²) in [5.41, 5.74) is 3.89. The molecule has 3 aromatic rings. The second-order valence-electron chi connectivity index (χ2n) is 12.3. The van der Waals surface area contributed by atoms with Crippen LogP contribution in [-0.4, -0.2) is 70.5 Å². The fraction of sp³-hybridized carbons (Fsp3) is 0.515. The van der Waals surface area contributed by atoms with Crippen LogP contribution in [0.1, 0.15) is 82.9 Å². The highest BCUT2D eigenvalue weighted by molar-refractivity contribution is 6.03. The van der Waals surface area contributed by atoms with Gasteiger partial charge in [-0.3, -0.25) is 9.69 Å². The number of hydrogen-bond donors (Lipinski definition) is 1. The van der Waals surface area contributed by atoms with Crippen LogP contribution in [0.4, 0.5) is 0 Å². The van der Waals surface area contributed by atoms with Crippen LogP contribution in [0.5, 0.6) is 11.5 Å². The summed E-state index contributed by atoms with van der Waals surface area (Å²) in [6, 6.07) is 11.8. The van der Waals surface area contributed by atoms with Gasteiger partial charge in [-0.05, 0) is 70.2 Å². The van der Waals surface area contributed by atoms with Gasteiger partial charge in [-0.2, -0.15) is 0 Å². The molecule has 1 amide bonds. The summed E-state index contributed by atoms with van der Waals surface area (Å²) < 4.78 is 17.7. The number of phenolic OH excluding ortho intramolecular Hbond substituents is 1. The normalized spacial score (nSPS) is 14.6. The fourth-order valence-electron chi connectivity index (χ4n) is 5.31. The molecule has 1 fully saturated rings. The Balaban J connectivity index is 1.88. The lowest BCUT2D eigenvalue weighted by Gasteiger charge is -2.34. The van der Waals surface area contributed by atoms with Crippen molar-refractivity contribution in [3.05, 3.63) is 53.2 Å². The Morgan fingerprint density at radius 3 is 2.32 bits per heavy atom. The van der Waals surface area contributed by atoms with Crippen LogP contribution in [0.2, 0.25) is 0 Å². The number of ether oxygens (including phenoxy) is 2. The van der Waals surface area contributed by atoms with Crippen molar-refractivity contribution in [2.75, 3.05) is 32.8 Å². The Labute approximate surface area is 244 Å². The molecule has 222 valence electrons. The van der Waals surface area contributed by atoms with Crippen LogP contribution in [0.25, 0.3) is 22.5 Å². The van der Waals surface area contributed by atoms with E-state index in [9.17, 15) is 9.90 Å². The van der Waals surface area contributed by atoms with E-state index in [2.05, 4.69) is 22.2 Å². The van der Waals surface area contributed by atoms with Crippen molar-refractivity contribution >= 4 is 5.91 Å². The summed E-state index contributed by atoms with van der Waals surface area (Å²) >= 11 is 0. The highest BCUT2D eigenvalue weighted by atomic mass is 16.5. The topological polar surface area (TPSA) is 88.3 Å². The van der Waals surface area contributed by atoms with Crippen molar-refractivity contribution in [1.82, 2.24) is 15.0 Å². The number of aromatic hydroxyl groups is 1. The van der Waals surface area contributed by atoms with Crippen molar-refractivity contribution in [3.8, 4) is 33.9 Å². The molecule has 2 aromatic carbocycles. The fourth-order valence-corrected chi connectivity index (χ4v) is 5.31. The summed E-state index contributed by atoms with van der Waals surface area (Å²) in [6.07, 6.45) is -0.138. The number of amides is 1. The highest BCUT2D eigenvalue weighted by Crippen LogP contribution is 2.44. The first-order valence-corrected chi connectivity index (χ1v) is 14.7. The summed E-state index contributed by atoms with van der Waals surface area (Å²) in [5, 5.41) is 15.2. The standard InChI is InChI=1S/C33H45N3O5/c1-9-36(33(6,7)8)32(38)30-29(24-12-10-23(11-13-24)20-35-14-16-39-17-15-35)31(41-34-30)26-18-25(21(2)3)27(37)19-28(26)40-22(4)5/h10-13,18-19,21-22,37H,9,14-17,20H2,1-8H3. The van der Waals surface area contributed by atoms with Crippen LogP contribution in [0.3, 0.4) is 0 Å². The third-order valence-corrected chi connectivity index (χ3v) is 7.38. The van der Waals surface area contributed by atoms with Crippen LogP contribution in [0, 0.1) is 0 Å². The van der Waals surface area contributed by atoms with E-state index in [1.54, 1.807) is 11.0 Å². The zero-order valence-electron chi connectivity index (χ0n) is 25.8. The molecule has 1 N–H and O–H groups in total. The third-order valence-electron chi connectivity index (χ3n) is 7.38. The van der Waals surface area contributed by atoms with Gasteiger partial charge in [-0.25, -0.2) is 0 Å². The van der Waals surface area contributed by atoms with Gasteiger partial charge in [-0.1, -0.05) is 43.3 Å². The number of carbonyl (C=O) groups excluding carboxylic acids is 1. The molecule has 0 bridgehead atoms. The number of nitrogens with zero attached hydrogens (tertiary/aromatic N) is 3. The number of morpholine rings is 1. The van der Waals surface area contributed by atoms with Crippen molar-refractivity contribution < 1.29 is 23.9 Å². The average molecular weight is 564 g/mol. The molecule has 0 atom stereocenters. The zero-order valence-corrected chi connectivity index (χ0v) is 25.8. The maximum absolute atomic E-state index is 14.0. The first kappa shape index (κ1) is 30.6. The van der Waals surface area contributed by atoms with Gasteiger partial charge >= 0.3 is 0 Å². The second-order valence-corrected chi connectivity index (χ2v) is 12.3. The monoisotopic (exact) mass is 563 g/mol. The summed E-state index contributed by atoms with van der Waals surface area (Å²) in [4.78, 5) is 18.2. The van der Waals surface area contributed by atoms with E-state index in [-0.39, 0.29) is 29.4 Å². The molecule has 2 heterocycles. The molecule has 1 aromatic heterocycles. The molecule has 8 nitrogen and oxygen atoms in total. The second kappa shape index (κ2) is 12.7. The minimum atomic E-state index is -0.403. The van der Waals surface area contributed by atoms with Crippen LogP contribution in [-0.2, 0) is 11.3 Å². The molecule has 1 aliphatic heterocycles. The average Bonchev–Trinajstić information content (AvgIpc) is 3.34. The molecule has 0 saturated carbocycles. The summed E-state index contributed by atoms with van der Waals surface area (Å²) in [7, 11) is 0. The van der Waals surface area contributed by atoms with E-state index >= 15 is 0 Å². The van der Waals surface area contributed by atoms with Crippen LogP contribution in [0.15, 0.2) is 40.9 Å². The minimum Gasteiger partial charge on any atom is -0.508 e. The SMILES string of the molecule is CCN(C(=O)c1noc(-c2cc(C(C)C)c(O)cc2OC(C)C)c1-c1ccc(CN2CCOCC2)cc1)C(C)(C)C. The molecule has 8 heteroatoms. The van der Waals surface area contributed by atoms with E-state index in [0.29, 0.717) is 29.2 Å². The molecular weight excluding hydrogens is 518 g/mol. The van der Waals surface area contributed by atoms with E-state index in [0.717, 1.165) is 44.0 Å². The van der Waals surface area contributed by atoms with E-state index in [1.807, 2.05) is 73.6 Å². The van der Waals surface area contributed by atoms with Gasteiger partial charge in [0.1, 0.15) is 11.5 Å². The van der Waals surface area contributed by atoms with Gasteiger partial charge in [0.05, 0.1) is 30.4 Å². The van der Waals surface area contributed by atoms with Gasteiger partial charge in [0.15, 0.2) is 11.5 Å². The van der Waals surface area contributed by atoms with Gasteiger partial charge in [0.2, 0.25) is 0 Å². The van der Waals surface area contributed by atoms with E-state index < -0.39 is 5.54 Å². The maximum atomic E-state index is 14.0. The van der Waals surface area contributed by atoms with Gasteiger partial charge in [-0.15, -0.1) is 0 Å². The van der Waals surface area contributed by atoms with Crippen molar-refractivity contribution in [2.45, 2.75) is 79.5 Å². The largest absolute Gasteiger partial charge is 0.508 e. The lowest BCUT2D eigenvalue weighted by molar-refractivity contribution is 0.0342. The molecular formula is C33H45N3O5. The molecule has 0 unspecified atom stereocenters. The molecule has 1 saturated heterocycles. The van der Waals surface area contributed by atoms with E-state index in [1.165, 1.54) is 5.56 Å². The lowest BCUT2D eigenvalue weighted by Crippen LogP contribution is -2.45. The molecule has 0 spiro atoms. The van der Waals surface area contributed by atoms with Crippen LogP contribution < -0.4 is 4.74 Å². The molecule has 0 aliphatic carbocycles. The minimum absolute atomic E-state index is 0.0604. The lowest BCUT2D eigenvalue weighted by atomic mass is 9.93. The Kier molecular flexibility index (Phi) is 9.44. The van der Waals surface area contributed by atoms with E-state index in [4.69, 9.17) is 14.0 Å². The Hall–Kier alpha value is -3.36. The zero-order chi connectivity index (χ0) is 29.9. The number of benzene rings is 2. The molecule has 41 heavy (non-hydrogen) atoms. The van der Waals surface area contributed by atoms with Gasteiger partial charge in [0, 0.05) is 37.8 Å². The quantitative estimate of drug-likeness (QED) is 0.309. The van der Waals surface area contributed by atoms with Crippen molar-refractivity contribution in [3.63, 3.8) is 0 Å². The first-order valence-electron chi connectivity index (χ1n) is 14.7. The molecule has 0 radical (unpaired) electrons. The van der Waals surface area contributed by atoms with Crippen LogP contribution >= 0.6 is 0 Å². The maximum Gasteiger partial charge on any atom is 0.277 e. The summed E-state index contributed by atoms with van der Waals surface area (Å²) in [5.74, 6) is 0.943. The van der Waals surface area contributed by atoms with Gasteiger partial charge in [0.25, 0.3) is 5.91 Å². The van der Waals surface area contributed by atoms with Crippen molar-refractivity contribution in [1.29, 1.82) is 0 Å². The first-order chi connectivity index (χ1) is 19.4. The smallest absolute Gasteiger partial charge is 0.277 e. The number of rotatable bonds is 9. The van der Waals surface area contributed by atoms with Crippen molar-refractivity contribution in [2.24, 2.45) is 0 Å². The highest BCUT2D eigenvalue weighted by Gasteiger charge is 2.33. The Morgan fingerprint density at radius 2 is 1.76 bits per heavy atom. The Bertz CT molecular complexity index is 1330. The van der Waals surface area contributed by atoms with Gasteiger partial charge < -0.3 is 24.0 Å². The Morgan fingerprint density at radius 1 is 1.10 bits per heavy atom. The molecule has 4 rings (SSSR count). The predicted molar refractivity (Wildman–Crippen MR) is 161 cm³/mol. The summed E-state index contributed by atoms with van der Waals surface area (Å²) in [6.45, 7) is 20.6. The third kappa shape index (κ3) is 6.93. The predicted octanol–water partition coefficient (Wildman–Crippen LogP) is 6.72. The number of hydrogen-bond acceptors (Lipinski definition) is 7. The number of aromatic nitrogens is 1.